The van der Waals surface area contributed by atoms with Gasteiger partial charge in [0.05, 0.1) is 12.2 Å². The molecule has 4 nitrogen and oxygen atoms in total. The first-order valence-corrected chi connectivity index (χ1v) is 9.80. The summed E-state index contributed by atoms with van der Waals surface area (Å²) in [5.41, 5.74) is 1.38. The molecule has 0 aromatic heterocycles. The lowest BCUT2D eigenvalue weighted by Crippen LogP contribution is -2.35. The Bertz CT molecular complexity index is 466. The van der Waals surface area contributed by atoms with E-state index < -0.39 is 0 Å². The third kappa shape index (κ3) is 7.87. The van der Waals surface area contributed by atoms with Gasteiger partial charge in [0.25, 0.3) is 0 Å². The minimum atomic E-state index is -0.280. The van der Waals surface area contributed by atoms with Crippen LogP contribution >= 0.6 is 0 Å². The van der Waals surface area contributed by atoms with Crippen molar-refractivity contribution in [2.45, 2.75) is 64.3 Å². The Morgan fingerprint density at radius 3 is 2.68 bits per heavy atom. The van der Waals surface area contributed by atoms with E-state index in [0.717, 1.165) is 32.6 Å². The molecule has 4 heteroatoms. The van der Waals surface area contributed by atoms with Gasteiger partial charge in [0.2, 0.25) is 0 Å². The van der Waals surface area contributed by atoms with Gasteiger partial charge in [-0.3, -0.25) is 4.90 Å². The van der Waals surface area contributed by atoms with E-state index in [4.69, 9.17) is 4.74 Å². The SMILES string of the molecule is CC(C)OCC[C@@H](O)CN1CCC[C@H](N(C)Cc2ccccc2)CC1. The maximum Gasteiger partial charge on any atom is 0.0689 e. The lowest BCUT2D eigenvalue weighted by molar-refractivity contribution is 0.0347. The van der Waals surface area contributed by atoms with Crippen LogP contribution < -0.4 is 0 Å². The molecule has 1 aliphatic heterocycles. The van der Waals surface area contributed by atoms with Crippen LogP contribution in [0.15, 0.2) is 30.3 Å². The summed E-state index contributed by atoms with van der Waals surface area (Å²) in [5, 5.41) is 10.2. The van der Waals surface area contributed by atoms with Gasteiger partial charge in [-0.1, -0.05) is 30.3 Å². The van der Waals surface area contributed by atoms with E-state index in [-0.39, 0.29) is 12.2 Å². The zero-order valence-corrected chi connectivity index (χ0v) is 16.2. The van der Waals surface area contributed by atoms with Gasteiger partial charge in [-0.2, -0.15) is 0 Å². The lowest BCUT2D eigenvalue weighted by Gasteiger charge is -2.27. The third-order valence-corrected chi connectivity index (χ3v) is 5.06. The van der Waals surface area contributed by atoms with Gasteiger partial charge in [-0.15, -0.1) is 0 Å². The second kappa shape index (κ2) is 10.9. The summed E-state index contributed by atoms with van der Waals surface area (Å²) in [4.78, 5) is 4.92. The van der Waals surface area contributed by atoms with Crippen LogP contribution in [-0.4, -0.2) is 66.4 Å². The molecule has 1 aromatic carbocycles. The maximum atomic E-state index is 10.2. The van der Waals surface area contributed by atoms with Gasteiger partial charge in [-0.25, -0.2) is 0 Å². The Balaban J connectivity index is 1.72. The molecule has 0 radical (unpaired) electrons. The summed E-state index contributed by atoms with van der Waals surface area (Å²) >= 11 is 0. The van der Waals surface area contributed by atoms with Crippen molar-refractivity contribution in [2.75, 3.05) is 33.3 Å². The fourth-order valence-corrected chi connectivity index (χ4v) is 3.59. The first-order valence-electron chi connectivity index (χ1n) is 9.80. The average molecular weight is 349 g/mol. The van der Waals surface area contributed by atoms with Crippen LogP contribution in [0, 0.1) is 0 Å². The van der Waals surface area contributed by atoms with Gasteiger partial charge >= 0.3 is 0 Å². The molecule has 0 unspecified atom stereocenters. The second-order valence-electron chi connectivity index (χ2n) is 7.65. The molecule has 0 bridgehead atoms. The topological polar surface area (TPSA) is 35.9 Å². The van der Waals surface area contributed by atoms with E-state index >= 15 is 0 Å². The number of likely N-dealkylation sites (tertiary alicyclic amines) is 1. The van der Waals surface area contributed by atoms with E-state index in [1.807, 2.05) is 13.8 Å². The molecule has 1 aromatic rings. The highest BCUT2D eigenvalue weighted by Crippen LogP contribution is 2.18. The summed E-state index contributed by atoms with van der Waals surface area (Å²) in [5.74, 6) is 0. The molecule has 0 saturated carbocycles. The van der Waals surface area contributed by atoms with E-state index in [0.29, 0.717) is 12.6 Å². The van der Waals surface area contributed by atoms with Crippen LogP contribution in [0.25, 0.3) is 0 Å². The average Bonchev–Trinajstić information content (AvgIpc) is 2.81. The number of benzene rings is 1. The van der Waals surface area contributed by atoms with Crippen molar-refractivity contribution in [1.29, 1.82) is 0 Å². The second-order valence-corrected chi connectivity index (χ2v) is 7.65. The first-order chi connectivity index (χ1) is 12.0. The van der Waals surface area contributed by atoms with Gasteiger partial charge in [0.1, 0.15) is 0 Å². The fraction of sp³-hybridized carbons (Fsp3) is 0.714. The van der Waals surface area contributed by atoms with E-state index in [1.54, 1.807) is 0 Å². The highest BCUT2D eigenvalue weighted by Gasteiger charge is 2.21. The van der Waals surface area contributed by atoms with Crippen molar-refractivity contribution in [3.63, 3.8) is 0 Å². The maximum absolute atomic E-state index is 10.2. The summed E-state index contributed by atoms with van der Waals surface area (Å²) in [6.07, 6.45) is 4.32. The molecule has 1 fully saturated rings. The minimum absolute atomic E-state index is 0.242. The Morgan fingerprint density at radius 2 is 1.96 bits per heavy atom. The standard InChI is InChI=1S/C21H36N2O2/c1-18(2)25-15-12-21(24)17-23-13-7-10-20(11-14-23)22(3)16-19-8-5-4-6-9-19/h4-6,8-9,18,20-21,24H,7,10-17H2,1-3H3/t20-,21+/m0/s1. The molecule has 0 amide bonds. The molecule has 142 valence electrons. The third-order valence-electron chi connectivity index (χ3n) is 5.06. The van der Waals surface area contributed by atoms with Crippen LogP contribution in [-0.2, 0) is 11.3 Å². The lowest BCUT2D eigenvalue weighted by atomic mass is 10.1. The number of hydrogen-bond donors (Lipinski definition) is 1. The molecule has 2 atom stereocenters. The number of hydrogen-bond acceptors (Lipinski definition) is 4. The van der Waals surface area contributed by atoms with Crippen molar-refractivity contribution in [3.05, 3.63) is 35.9 Å². The van der Waals surface area contributed by atoms with Crippen molar-refractivity contribution >= 4 is 0 Å². The molecule has 2 rings (SSSR count). The van der Waals surface area contributed by atoms with E-state index in [2.05, 4.69) is 47.2 Å². The molecule has 1 saturated heterocycles. The smallest absolute Gasteiger partial charge is 0.0689 e. The molecular weight excluding hydrogens is 312 g/mol. The summed E-state index contributed by atoms with van der Waals surface area (Å²) in [6.45, 7) is 8.68. The number of rotatable bonds is 9. The van der Waals surface area contributed by atoms with Crippen molar-refractivity contribution < 1.29 is 9.84 Å². The molecular formula is C21H36N2O2. The number of nitrogens with zero attached hydrogens (tertiary/aromatic N) is 2. The molecule has 1 aliphatic rings. The number of ether oxygens (including phenoxy) is 1. The van der Waals surface area contributed by atoms with Crippen molar-refractivity contribution in [2.24, 2.45) is 0 Å². The highest BCUT2D eigenvalue weighted by molar-refractivity contribution is 5.14. The zero-order valence-electron chi connectivity index (χ0n) is 16.2. The normalized spacial score (nSPS) is 20.8. The predicted octanol–water partition coefficient (Wildman–Crippen LogP) is 3.15. The fourth-order valence-electron chi connectivity index (χ4n) is 3.59. The zero-order chi connectivity index (χ0) is 18.1. The highest BCUT2D eigenvalue weighted by atomic mass is 16.5. The number of β-amino-alcohol motifs (C(OH)–C–C–N with tert-alkyl or cyclic N) is 1. The molecule has 0 spiro atoms. The van der Waals surface area contributed by atoms with Gasteiger partial charge in [-0.05, 0) is 65.2 Å². The van der Waals surface area contributed by atoms with Gasteiger partial charge < -0.3 is 14.7 Å². The Morgan fingerprint density at radius 1 is 1.20 bits per heavy atom. The summed E-state index contributed by atoms with van der Waals surface area (Å²) in [7, 11) is 2.24. The Hall–Kier alpha value is -0.940. The number of aliphatic hydroxyl groups excluding tert-OH is 1. The van der Waals surface area contributed by atoms with Crippen molar-refractivity contribution in [3.8, 4) is 0 Å². The predicted molar refractivity (Wildman–Crippen MR) is 104 cm³/mol. The van der Waals surface area contributed by atoms with Crippen LogP contribution in [0.2, 0.25) is 0 Å². The van der Waals surface area contributed by atoms with Crippen LogP contribution in [0.1, 0.15) is 45.1 Å². The molecule has 25 heavy (non-hydrogen) atoms. The van der Waals surface area contributed by atoms with Crippen molar-refractivity contribution in [1.82, 2.24) is 9.80 Å². The quantitative estimate of drug-likeness (QED) is 0.744. The number of aliphatic hydroxyl groups is 1. The van der Waals surface area contributed by atoms with Crippen LogP contribution in [0.3, 0.4) is 0 Å². The Labute approximate surface area is 153 Å². The van der Waals surface area contributed by atoms with E-state index in [9.17, 15) is 5.11 Å². The van der Waals surface area contributed by atoms with Gasteiger partial charge in [0, 0.05) is 25.7 Å². The summed E-state index contributed by atoms with van der Waals surface area (Å²) < 4.78 is 5.55. The van der Waals surface area contributed by atoms with Gasteiger partial charge in [0.15, 0.2) is 0 Å². The largest absolute Gasteiger partial charge is 0.392 e. The van der Waals surface area contributed by atoms with E-state index in [1.165, 1.54) is 24.8 Å². The Kier molecular flexibility index (Phi) is 8.90. The van der Waals surface area contributed by atoms with Crippen LogP contribution in [0.4, 0.5) is 0 Å². The minimum Gasteiger partial charge on any atom is -0.392 e. The monoisotopic (exact) mass is 348 g/mol. The molecule has 0 aliphatic carbocycles. The molecule has 1 heterocycles. The summed E-state index contributed by atoms with van der Waals surface area (Å²) in [6, 6.07) is 11.3. The van der Waals surface area contributed by atoms with Crippen LogP contribution in [0.5, 0.6) is 0 Å². The first kappa shape index (κ1) is 20.4. The molecule has 1 N–H and O–H groups in total.